The SMILES string of the molecule is Cc1csc(CCNC(=O)C(C(=O)O)C(C)(C)C)n1. The molecule has 0 aliphatic carbocycles. The van der Waals surface area contributed by atoms with Crippen molar-refractivity contribution in [1.82, 2.24) is 10.3 Å². The topological polar surface area (TPSA) is 79.3 Å². The van der Waals surface area contributed by atoms with Crippen molar-refractivity contribution >= 4 is 23.2 Å². The van der Waals surface area contributed by atoms with Gasteiger partial charge >= 0.3 is 5.97 Å². The third-order valence-corrected chi connectivity index (χ3v) is 3.71. The summed E-state index contributed by atoms with van der Waals surface area (Å²) >= 11 is 1.54. The molecule has 19 heavy (non-hydrogen) atoms. The summed E-state index contributed by atoms with van der Waals surface area (Å²) in [5, 5.41) is 14.7. The van der Waals surface area contributed by atoms with Crippen LogP contribution in [0.1, 0.15) is 31.5 Å². The zero-order valence-electron chi connectivity index (χ0n) is 11.7. The first-order valence-electron chi connectivity index (χ1n) is 6.13. The van der Waals surface area contributed by atoms with E-state index in [0.29, 0.717) is 13.0 Å². The van der Waals surface area contributed by atoms with Gasteiger partial charge in [-0.3, -0.25) is 9.59 Å². The Labute approximate surface area is 117 Å². The molecule has 1 rings (SSSR count). The van der Waals surface area contributed by atoms with Crippen LogP contribution in [0.2, 0.25) is 0 Å². The molecule has 0 aliphatic rings. The van der Waals surface area contributed by atoms with Crippen molar-refractivity contribution in [2.45, 2.75) is 34.1 Å². The fraction of sp³-hybridized carbons (Fsp3) is 0.615. The molecular formula is C13H20N2O3S. The number of hydrogen-bond acceptors (Lipinski definition) is 4. The van der Waals surface area contributed by atoms with E-state index in [1.165, 1.54) is 0 Å². The monoisotopic (exact) mass is 284 g/mol. The number of carboxylic acid groups (broad SMARTS) is 1. The quantitative estimate of drug-likeness (QED) is 0.809. The lowest BCUT2D eigenvalue weighted by molar-refractivity contribution is -0.151. The molecule has 1 atom stereocenters. The summed E-state index contributed by atoms with van der Waals surface area (Å²) in [5.74, 6) is -2.56. The van der Waals surface area contributed by atoms with E-state index < -0.39 is 23.2 Å². The molecule has 106 valence electrons. The maximum Gasteiger partial charge on any atom is 0.316 e. The molecule has 0 fully saturated rings. The molecule has 1 aromatic heterocycles. The number of rotatable bonds is 5. The summed E-state index contributed by atoms with van der Waals surface area (Å²) in [6.07, 6.45) is 0.626. The number of thiazole rings is 1. The fourth-order valence-electron chi connectivity index (χ4n) is 1.79. The Balaban J connectivity index is 2.52. The molecule has 0 aromatic carbocycles. The average molecular weight is 284 g/mol. The minimum Gasteiger partial charge on any atom is -0.481 e. The summed E-state index contributed by atoms with van der Waals surface area (Å²) < 4.78 is 0. The summed E-state index contributed by atoms with van der Waals surface area (Å²) in [5.41, 5.74) is 0.359. The number of carbonyl (C=O) groups is 2. The Morgan fingerprint density at radius 2 is 2.11 bits per heavy atom. The van der Waals surface area contributed by atoms with E-state index in [2.05, 4.69) is 10.3 Å². The van der Waals surface area contributed by atoms with Gasteiger partial charge in [-0.15, -0.1) is 11.3 Å². The minimum absolute atomic E-state index is 0.408. The van der Waals surface area contributed by atoms with E-state index in [-0.39, 0.29) is 0 Å². The van der Waals surface area contributed by atoms with Crippen LogP contribution >= 0.6 is 11.3 Å². The predicted molar refractivity (Wildman–Crippen MR) is 74.1 cm³/mol. The number of aryl methyl sites for hydroxylation is 1. The standard InChI is InChI=1S/C13H20N2O3S/c1-8-7-19-9(15-8)5-6-14-11(16)10(12(17)18)13(2,3)4/h7,10H,5-6H2,1-4H3,(H,14,16)(H,17,18). The van der Waals surface area contributed by atoms with Gasteiger partial charge in [-0.1, -0.05) is 20.8 Å². The highest BCUT2D eigenvalue weighted by Crippen LogP contribution is 2.26. The van der Waals surface area contributed by atoms with Crippen molar-refractivity contribution in [3.05, 3.63) is 16.1 Å². The Morgan fingerprint density at radius 3 is 2.53 bits per heavy atom. The van der Waals surface area contributed by atoms with Gasteiger partial charge in [0.2, 0.25) is 5.91 Å². The summed E-state index contributed by atoms with van der Waals surface area (Å²) in [6, 6.07) is 0. The highest BCUT2D eigenvalue weighted by atomic mass is 32.1. The first kappa shape index (κ1) is 15.6. The number of hydrogen-bond donors (Lipinski definition) is 2. The predicted octanol–water partition coefficient (Wildman–Crippen LogP) is 1.86. The van der Waals surface area contributed by atoms with Crippen molar-refractivity contribution in [2.24, 2.45) is 11.3 Å². The highest BCUT2D eigenvalue weighted by molar-refractivity contribution is 7.09. The van der Waals surface area contributed by atoms with E-state index in [1.54, 1.807) is 32.1 Å². The number of amides is 1. The lowest BCUT2D eigenvalue weighted by Gasteiger charge is -2.25. The van der Waals surface area contributed by atoms with E-state index >= 15 is 0 Å². The van der Waals surface area contributed by atoms with Crippen LogP contribution in [0.15, 0.2) is 5.38 Å². The van der Waals surface area contributed by atoms with Crippen molar-refractivity contribution in [2.75, 3.05) is 6.54 Å². The second-order valence-electron chi connectivity index (χ2n) is 5.56. The van der Waals surface area contributed by atoms with Crippen LogP contribution in [0.25, 0.3) is 0 Å². The highest BCUT2D eigenvalue weighted by Gasteiger charge is 2.37. The van der Waals surface area contributed by atoms with Crippen molar-refractivity contribution in [3.63, 3.8) is 0 Å². The average Bonchev–Trinajstić information content (AvgIpc) is 2.61. The van der Waals surface area contributed by atoms with Crippen LogP contribution < -0.4 is 5.32 Å². The molecule has 0 radical (unpaired) electrons. The number of nitrogens with zero attached hydrogens (tertiary/aromatic N) is 1. The number of aliphatic carboxylic acids is 1. The molecule has 0 spiro atoms. The molecule has 1 unspecified atom stereocenters. The normalized spacial score (nSPS) is 13.1. The molecule has 6 heteroatoms. The maximum atomic E-state index is 11.9. The Morgan fingerprint density at radius 1 is 1.47 bits per heavy atom. The van der Waals surface area contributed by atoms with E-state index in [9.17, 15) is 9.59 Å². The first-order valence-corrected chi connectivity index (χ1v) is 7.01. The largest absolute Gasteiger partial charge is 0.481 e. The van der Waals surface area contributed by atoms with Crippen molar-refractivity contribution in [1.29, 1.82) is 0 Å². The van der Waals surface area contributed by atoms with Crippen LogP contribution in [-0.4, -0.2) is 28.5 Å². The van der Waals surface area contributed by atoms with Gasteiger partial charge in [0.1, 0.15) is 5.92 Å². The molecule has 2 N–H and O–H groups in total. The molecule has 0 saturated carbocycles. The molecule has 5 nitrogen and oxygen atoms in total. The van der Waals surface area contributed by atoms with Gasteiger partial charge in [0, 0.05) is 24.0 Å². The molecule has 0 saturated heterocycles. The van der Waals surface area contributed by atoms with Crippen LogP contribution in [0, 0.1) is 18.3 Å². The van der Waals surface area contributed by atoms with Gasteiger partial charge in [0.25, 0.3) is 0 Å². The second-order valence-corrected chi connectivity index (χ2v) is 6.50. The third-order valence-electron chi connectivity index (χ3n) is 2.68. The number of carbonyl (C=O) groups excluding carboxylic acids is 1. The summed E-state index contributed by atoms with van der Waals surface area (Å²) in [4.78, 5) is 27.4. The molecule has 0 bridgehead atoms. The Bertz CT molecular complexity index is 463. The smallest absolute Gasteiger partial charge is 0.316 e. The lowest BCUT2D eigenvalue weighted by atomic mass is 9.80. The minimum atomic E-state index is -1.09. The molecule has 1 heterocycles. The zero-order valence-corrected chi connectivity index (χ0v) is 12.5. The van der Waals surface area contributed by atoms with E-state index in [0.717, 1.165) is 10.7 Å². The first-order chi connectivity index (χ1) is 8.71. The van der Waals surface area contributed by atoms with Gasteiger partial charge in [-0.05, 0) is 12.3 Å². The maximum absolute atomic E-state index is 11.9. The molecule has 1 amide bonds. The Hall–Kier alpha value is -1.43. The molecule has 1 aromatic rings. The molecular weight excluding hydrogens is 264 g/mol. The van der Waals surface area contributed by atoms with Gasteiger partial charge in [0.15, 0.2) is 0 Å². The summed E-state index contributed by atoms with van der Waals surface area (Å²) in [7, 11) is 0. The zero-order chi connectivity index (χ0) is 14.6. The van der Waals surface area contributed by atoms with Crippen molar-refractivity contribution < 1.29 is 14.7 Å². The van der Waals surface area contributed by atoms with Crippen LogP contribution in [-0.2, 0) is 16.0 Å². The second kappa shape index (κ2) is 6.14. The van der Waals surface area contributed by atoms with Gasteiger partial charge in [0.05, 0.1) is 5.01 Å². The van der Waals surface area contributed by atoms with Gasteiger partial charge in [-0.2, -0.15) is 0 Å². The molecule has 0 aliphatic heterocycles. The van der Waals surface area contributed by atoms with E-state index in [1.807, 2.05) is 12.3 Å². The lowest BCUT2D eigenvalue weighted by Crippen LogP contribution is -2.43. The van der Waals surface area contributed by atoms with Crippen molar-refractivity contribution in [3.8, 4) is 0 Å². The van der Waals surface area contributed by atoms with Crippen LogP contribution in [0.3, 0.4) is 0 Å². The van der Waals surface area contributed by atoms with Gasteiger partial charge < -0.3 is 10.4 Å². The fourth-order valence-corrected chi connectivity index (χ4v) is 2.56. The Kier molecular flexibility index (Phi) is 5.05. The number of aromatic nitrogens is 1. The number of nitrogens with one attached hydrogen (secondary N) is 1. The van der Waals surface area contributed by atoms with Gasteiger partial charge in [-0.25, -0.2) is 4.98 Å². The third kappa shape index (κ3) is 4.63. The summed E-state index contributed by atoms with van der Waals surface area (Å²) in [6.45, 7) is 7.56. The van der Waals surface area contributed by atoms with Crippen LogP contribution in [0.5, 0.6) is 0 Å². The number of carboxylic acids is 1. The van der Waals surface area contributed by atoms with E-state index in [4.69, 9.17) is 5.11 Å². The van der Waals surface area contributed by atoms with Crippen LogP contribution in [0.4, 0.5) is 0 Å².